The van der Waals surface area contributed by atoms with Crippen molar-refractivity contribution >= 4 is 23.5 Å². The van der Waals surface area contributed by atoms with Crippen LogP contribution in [0.1, 0.15) is 42.5 Å². The van der Waals surface area contributed by atoms with Crippen molar-refractivity contribution in [3.8, 4) is 5.75 Å². The predicted octanol–water partition coefficient (Wildman–Crippen LogP) is 1.53. The standard InChI is InChI=1S/C16H18N2O5/c19-13-9-23-12-4-3-10(7-11(12)17-13)15(22)18-16(8-14(20)21)5-1-2-6-16/h3-4,7H,1-2,5-6,8-9H2,(H,17,19)(H,18,22)(H,20,21). The quantitative estimate of drug-likeness (QED) is 0.781. The first-order chi connectivity index (χ1) is 11.0. The Bertz CT molecular complexity index is 664. The third kappa shape index (κ3) is 3.28. The Balaban J connectivity index is 1.78. The lowest BCUT2D eigenvalue weighted by Gasteiger charge is -2.29. The second-order valence-electron chi connectivity index (χ2n) is 6.06. The van der Waals surface area contributed by atoms with E-state index in [4.69, 9.17) is 9.84 Å². The SMILES string of the molecule is O=C(O)CC1(NC(=O)c2ccc3c(c2)NC(=O)CO3)CCCC1. The molecule has 0 saturated heterocycles. The van der Waals surface area contributed by atoms with Crippen LogP contribution in [0.3, 0.4) is 0 Å². The van der Waals surface area contributed by atoms with Crippen molar-refractivity contribution in [3.63, 3.8) is 0 Å². The fraction of sp³-hybridized carbons (Fsp3) is 0.438. The highest BCUT2D eigenvalue weighted by molar-refractivity contribution is 6.00. The van der Waals surface area contributed by atoms with Crippen LogP contribution in [0.2, 0.25) is 0 Å². The molecule has 0 spiro atoms. The van der Waals surface area contributed by atoms with Crippen LogP contribution in [0.25, 0.3) is 0 Å². The Hall–Kier alpha value is -2.57. The number of amides is 2. The molecule has 0 radical (unpaired) electrons. The van der Waals surface area contributed by atoms with Crippen molar-refractivity contribution in [3.05, 3.63) is 23.8 Å². The number of aliphatic carboxylic acids is 1. The number of ether oxygens (including phenoxy) is 1. The van der Waals surface area contributed by atoms with E-state index in [1.54, 1.807) is 18.2 Å². The van der Waals surface area contributed by atoms with Gasteiger partial charge in [-0.05, 0) is 31.0 Å². The number of nitrogens with one attached hydrogen (secondary N) is 2. The highest BCUT2D eigenvalue weighted by Gasteiger charge is 2.37. The molecule has 1 aromatic rings. The molecule has 0 bridgehead atoms. The molecule has 122 valence electrons. The molecule has 1 fully saturated rings. The van der Waals surface area contributed by atoms with Crippen LogP contribution in [-0.2, 0) is 9.59 Å². The van der Waals surface area contributed by atoms with Gasteiger partial charge in [0.25, 0.3) is 11.8 Å². The zero-order valence-corrected chi connectivity index (χ0v) is 12.6. The Morgan fingerprint density at radius 1 is 1.30 bits per heavy atom. The van der Waals surface area contributed by atoms with Crippen LogP contribution in [-0.4, -0.2) is 35.0 Å². The van der Waals surface area contributed by atoms with Gasteiger partial charge in [0.1, 0.15) is 5.75 Å². The van der Waals surface area contributed by atoms with E-state index in [0.29, 0.717) is 29.8 Å². The topological polar surface area (TPSA) is 105 Å². The maximum Gasteiger partial charge on any atom is 0.305 e. The van der Waals surface area contributed by atoms with Gasteiger partial charge in [0.15, 0.2) is 6.61 Å². The molecule has 1 aromatic carbocycles. The summed E-state index contributed by atoms with van der Waals surface area (Å²) in [4.78, 5) is 34.9. The van der Waals surface area contributed by atoms with Crippen molar-refractivity contribution < 1.29 is 24.2 Å². The van der Waals surface area contributed by atoms with Crippen molar-refractivity contribution in [2.24, 2.45) is 0 Å². The second-order valence-corrected chi connectivity index (χ2v) is 6.06. The molecule has 0 aromatic heterocycles. The summed E-state index contributed by atoms with van der Waals surface area (Å²) >= 11 is 0. The highest BCUT2D eigenvalue weighted by atomic mass is 16.5. The molecule has 1 aliphatic heterocycles. The molecule has 0 atom stereocenters. The van der Waals surface area contributed by atoms with Gasteiger partial charge < -0.3 is 20.5 Å². The van der Waals surface area contributed by atoms with E-state index in [-0.39, 0.29) is 24.8 Å². The Kier molecular flexibility index (Phi) is 3.94. The van der Waals surface area contributed by atoms with E-state index in [0.717, 1.165) is 12.8 Å². The largest absolute Gasteiger partial charge is 0.482 e. The fourth-order valence-electron chi connectivity index (χ4n) is 3.22. The monoisotopic (exact) mass is 318 g/mol. The lowest BCUT2D eigenvalue weighted by molar-refractivity contribution is -0.138. The van der Waals surface area contributed by atoms with Gasteiger partial charge in [-0.1, -0.05) is 12.8 Å². The van der Waals surface area contributed by atoms with Crippen molar-refractivity contribution in [1.82, 2.24) is 5.32 Å². The second kappa shape index (κ2) is 5.91. The van der Waals surface area contributed by atoms with Gasteiger partial charge in [-0.3, -0.25) is 14.4 Å². The number of anilines is 1. The van der Waals surface area contributed by atoms with E-state index < -0.39 is 11.5 Å². The summed E-state index contributed by atoms with van der Waals surface area (Å²) < 4.78 is 5.25. The first kappa shape index (κ1) is 15.3. The Labute approximate surface area is 133 Å². The van der Waals surface area contributed by atoms with Crippen molar-refractivity contribution in [2.45, 2.75) is 37.6 Å². The minimum Gasteiger partial charge on any atom is -0.482 e. The number of rotatable bonds is 4. The molecule has 3 N–H and O–H groups in total. The smallest absolute Gasteiger partial charge is 0.305 e. The molecule has 7 nitrogen and oxygen atoms in total. The summed E-state index contributed by atoms with van der Waals surface area (Å²) in [6.45, 7) is -0.0414. The van der Waals surface area contributed by atoms with Crippen LogP contribution in [0.5, 0.6) is 5.75 Å². The van der Waals surface area contributed by atoms with Crippen molar-refractivity contribution in [2.75, 3.05) is 11.9 Å². The number of carboxylic acids is 1. The van der Waals surface area contributed by atoms with E-state index in [1.165, 1.54) is 0 Å². The Morgan fingerprint density at radius 3 is 2.74 bits per heavy atom. The minimum atomic E-state index is -0.918. The summed E-state index contributed by atoms with van der Waals surface area (Å²) in [6, 6.07) is 4.78. The number of carbonyl (C=O) groups is 3. The highest BCUT2D eigenvalue weighted by Crippen LogP contribution is 2.34. The van der Waals surface area contributed by atoms with Gasteiger partial charge in [-0.2, -0.15) is 0 Å². The molecule has 0 unspecified atom stereocenters. The number of benzene rings is 1. The molecule has 1 heterocycles. The molecule has 2 amide bonds. The third-order valence-corrected chi connectivity index (χ3v) is 4.30. The summed E-state index contributed by atoms with van der Waals surface area (Å²) in [6.07, 6.45) is 3.05. The molecular formula is C16H18N2O5. The van der Waals surface area contributed by atoms with E-state index in [2.05, 4.69) is 10.6 Å². The number of carboxylic acid groups (broad SMARTS) is 1. The van der Waals surface area contributed by atoms with Gasteiger partial charge >= 0.3 is 5.97 Å². The average molecular weight is 318 g/mol. The normalized spacial score (nSPS) is 18.5. The lowest BCUT2D eigenvalue weighted by Crippen LogP contribution is -2.47. The Morgan fingerprint density at radius 2 is 2.04 bits per heavy atom. The van der Waals surface area contributed by atoms with Crippen LogP contribution in [0, 0.1) is 0 Å². The van der Waals surface area contributed by atoms with Crippen LogP contribution < -0.4 is 15.4 Å². The number of hydrogen-bond donors (Lipinski definition) is 3. The van der Waals surface area contributed by atoms with Crippen LogP contribution >= 0.6 is 0 Å². The van der Waals surface area contributed by atoms with Gasteiger partial charge in [0, 0.05) is 5.56 Å². The first-order valence-corrected chi connectivity index (χ1v) is 7.58. The van der Waals surface area contributed by atoms with Crippen LogP contribution in [0.4, 0.5) is 5.69 Å². The lowest BCUT2D eigenvalue weighted by atomic mass is 9.92. The molecule has 2 aliphatic rings. The summed E-state index contributed by atoms with van der Waals surface area (Å²) in [5, 5.41) is 14.6. The molecule has 7 heteroatoms. The molecular weight excluding hydrogens is 300 g/mol. The van der Waals surface area contributed by atoms with E-state index >= 15 is 0 Å². The average Bonchev–Trinajstić information content (AvgIpc) is 2.93. The van der Waals surface area contributed by atoms with Gasteiger partial charge in [-0.25, -0.2) is 0 Å². The number of fused-ring (bicyclic) bond motifs is 1. The van der Waals surface area contributed by atoms with Crippen molar-refractivity contribution in [1.29, 1.82) is 0 Å². The maximum absolute atomic E-state index is 12.5. The van der Waals surface area contributed by atoms with Gasteiger partial charge in [0.05, 0.1) is 17.6 Å². The van der Waals surface area contributed by atoms with Crippen LogP contribution in [0.15, 0.2) is 18.2 Å². The van der Waals surface area contributed by atoms with Gasteiger partial charge in [0.2, 0.25) is 0 Å². The summed E-state index contributed by atoms with van der Waals surface area (Å²) in [5.74, 6) is -1.01. The third-order valence-electron chi connectivity index (χ3n) is 4.30. The number of hydrogen-bond acceptors (Lipinski definition) is 4. The summed E-state index contributed by atoms with van der Waals surface area (Å²) in [5.41, 5.74) is 0.136. The molecule has 1 aliphatic carbocycles. The predicted molar refractivity (Wildman–Crippen MR) is 81.5 cm³/mol. The zero-order chi connectivity index (χ0) is 16.4. The maximum atomic E-state index is 12.5. The molecule has 3 rings (SSSR count). The number of carbonyl (C=O) groups excluding carboxylic acids is 2. The fourth-order valence-corrected chi connectivity index (χ4v) is 3.22. The molecule has 23 heavy (non-hydrogen) atoms. The summed E-state index contributed by atoms with van der Waals surface area (Å²) in [7, 11) is 0. The minimum absolute atomic E-state index is 0.0414. The van der Waals surface area contributed by atoms with E-state index in [1.807, 2.05) is 0 Å². The van der Waals surface area contributed by atoms with Gasteiger partial charge in [-0.15, -0.1) is 0 Å². The first-order valence-electron chi connectivity index (χ1n) is 7.58. The molecule has 1 saturated carbocycles. The van der Waals surface area contributed by atoms with E-state index in [9.17, 15) is 14.4 Å². The zero-order valence-electron chi connectivity index (χ0n) is 12.6.